The number of benzene rings is 1. The van der Waals surface area contributed by atoms with Crippen molar-refractivity contribution < 1.29 is 9.13 Å². The van der Waals surface area contributed by atoms with Crippen molar-refractivity contribution in [3.8, 4) is 5.75 Å². The molecule has 0 aliphatic carbocycles. The fourth-order valence-electron chi connectivity index (χ4n) is 2.31. The molecule has 0 aliphatic rings. The molecule has 3 nitrogen and oxygen atoms in total. The van der Waals surface area contributed by atoms with Gasteiger partial charge in [0.1, 0.15) is 11.6 Å². The Kier molecular flexibility index (Phi) is 4.69. The average molecular weight is 274 g/mol. The zero-order chi connectivity index (χ0) is 14.5. The zero-order valence-corrected chi connectivity index (χ0v) is 12.0. The molecule has 20 heavy (non-hydrogen) atoms. The second kappa shape index (κ2) is 6.48. The summed E-state index contributed by atoms with van der Waals surface area (Å²) in [5.41, 5.74) is 2.91. The minimum atomic E-state index is -0.235. The summed E-state index contributed by atoms with van der Waals surface area (Å²) >= 11 is 0. The van der Waals surface area contributed by atoms with E-state index in [1.54, 1.807) is 31.6 Å². The minimum Gasteiger partial charge on any atom is -0.495 e. The van der Waals surface area contributed by atoms with Crippen LogP contribution in [0, 0.1) is 12.7 Å². The van der Waals surface area contributed by atoms with Gasteiger partial charge in [0.25, 0.3) is 0 Å². The summed E-state index contributed by atoms with van der Waals surface area (Å²) in [5, 5.41) is 3.38. The molecule has 2 aromatic rings. The first-order valence-electron chi connectivity index (χ1n) is 6.64. The number of rotatable bonds is 5. The number of ether oxygens (including phenoxy) is 1. The molecule has 0 spiro atoms. The maximum atomic E-state index is 13.6. The Bertz CT molecular complexity index is 586. The Morgan fingerprint density at radius 3 is 2.80 bits per heavy atom. The quantitative estimate of drug-likeness (QED) is 0.909. The molecule has 2 rings (SSSR count). The van der Waals surface area contributed by atoms with E-state index < -0.39 is 0 Å². The predicted molar refractivity (Wildman–Crippen MR) is 77.4 cm³/mol. The van der Waals surface area contributed by atoms with Crippen LogP contribution in [0.3, 0.4) is 0 Å². The number of aryl methyl sites for hydroxylation is 1. The van der Waals surface area contributed by atoms with E-state index in [0.717, 1.165) is 23.2 Å². The van der Waals surface area contributed by atoms with Crippen LogP contribution < -0.4 is 10.1 Å². The molecule has 4 heteroatoms. The predicted octanol–water partition coefficient (Wildman–Crippen LogP) is 3.24. The van der Waals surface area contributed by atoms with E-state index in [4.69, 9.17) is 4.74 Å². The van der Waals surface area contributed by atoms with Crippen LogP contribution in [0.2, 0.25) is 0 Å². The lowest BCUT2D eigenvalue weighted by molar-refractivity contribution is 0.402. The van der Waals surface area contributed by atoms with E-state index in [1.165, 1.54) is 6.07 Å². The number of hydrogen-bond donors (Lipinski definition) is 1. The second-order valence-corrected chi connectivity index (χ2v) is 4.61. The van der Waals surface area contributed by atoms with Crippen molar-refractivity contribution in [1.29, 1.82) is 0 Å². The van der Waals surface area contributed by atoms with Crippen molar-refractivity contribution in [3.63, 3.8) is 0 Å². The topological polar surface area (TPSA) is 34.2 Å². The first-order valence-corrected chi connectivity index (χ1v) is 6.64. The smallest absolute Gasteiger partial charge is 0.142 e. The van der Waals surface area contributed by atoms with Gasteiger partial charge in [-0.25, -0.2) is 4.39 Å². The summed E-state index contributed by atoms with van der Waals surface area (Å²) in [6.07, 6.45) is 3.39. The molecule has 0 radical (unpaired) electrons. The number of nitrogens with zero attached hydrogens (tertiary/aromatic N) is 1. The van der Waals surface area contributed by atoms with E-state index in [9.17, 15) is 4.39 Å². The molecule has 0 saturated carbocycles. The van der Waals surface area contributed by atoms with Crippen LogP contribution in [-0.2, 0) is 0 Å². The number of halogens is 1. The van der Waals surface area contributed by atoms with E-state index in [1.807, 2.05) is 19.9 Å². The van der Waals surface area contributed by atoms with Crippen molar-refractivity contribution in [1.82, 2.24) is 10.3 Å². The molecule has 0 saturated heterocycles. The lowest BCUT2D eigenvalue weighted by atomic mass is 9.95. The third-order valence-electron chi connectivity index (χ3n) is 3.31. The van der Waals surface area contributed by atoms with E-state index in [2.05, 4.69) is 10.3 Å². The largest absolute Gasteiger partial charge is 0.495 e. The maximum absolute atomic E-state index is 13.6. The highest BCUT2D eigenvalue weighted by atomic mass is 19.1. The lowest BCUT2D eigenvalue weighted by Crippen LogP contribution is -2.23. The average Bonchev–Trinajstić information content (AvgIpc) is 2.47. The first-order chi connectivity index (χ1) is 9.67. The third kappa shape index (κ3) is 2.96. The Morgan fingerprint density at radius 1 is 1.30 bits per heavy atom. The van der Waals surface area contributed by atoms with E-state index in [-0.39, 0.29) is 11.9 Å². The number of aromatic nitrogens is 1. The van der Waals surface area contributed by atoms with Crippen LogP contribution in [0.1, 0.15) is 29.7 Å². The van der Waals surface area contributed by atoms with Crippen LogP contribution in [0.25, 0.3) is 0 Å². The van der Waals surface area contributed by atoms with Gasteiger partial charge in [0, 0.05) is 11.8 Å². The van der Waals surface area contributed by atoms with E-state index >= 15 is 0 Å². The SMILES string of the molecule is CCNC(c1cc(F)ccc1C)c1ccncc1OC. The molecular weight excluding hydrogens is 255 g/mol. The molecule has 1 atom stereocenters. The van der Waals surface area contributed by atoms with Crippen molar-refractivity contribution in [2.45, 2.75) is 19.9 Å². The first kappa shape index (κ1) is 14.5. The Balaban J connectivity index is 2.53. The second-order valence-electron chi connectivity index (χ2n) is 4.61. The third-order valence-corrected chi connectivity index (χ3v) is 3.31. The zero-order valence-electron chi connectivity index (χ0n) is 12.0. The number of pyridine rings is 1. The summed E-state index contributed by atoms with van der Waals surface area (Å²) in [7, 11) is 1.61. The Hall–Kier alpha value is -1.94. The molecule has 0 fully saturated rings. The summed E-state index contributed by atoms with van der Waals surface area (Å²) in [5.74, 6) is 0.462. The van der Waals surface area contributed by atoms with Crippen LogP contribution in [0.15, 0.2) is 36.7 Å². The molecule has 1 N–H and O–H groups in total. The van der Waals surface area contributed by atoms with Gasteiger partial charge in [-0.2, -0.15) is 0 Å². The molecule has 0 amide bonds. The number of hydrogen-bond acceptors (Lipinski definition) is 3. The molecular formula is C16H19FN2O. The molecule has 1 aromatic carbocycles. The van der Waals surface area contributed by atoms with Gasteiger partial charge in [-0.3, -0.25) is 4.98 Å². The highest BCUT2D eigenvalue weighted by molar-refractivity contribution is 5.42. The van der Waals surface area contributed by atoms with Gasteiger partial charge < -0.3 is 10.1 Å². The molecule has 0 bridgehead atoms. The van der Waals surface area contributed by atoms with Crippen molar-refractivity contribution in [2.75, 3.05) is 13.7 Å². The lowest BCUT2D eigenvalue weighted by Gasteiger charge is -2.22. The minimum absolute atomic E-state index is 0.117. The van der Waals surface area contributed by atoms with Crippen LogP contribution in [0.4, 0.5) is 4.39 Å². The highest BCUT2D eigenvalue weighted by Crippen LogP contribution is 2.31. The van der Waals surface area contributed by atoms with Gasteiger partial charge in [0.2, 0.25) is 0 Å². The molecule has 0 aliphatic heterocycles. The summed E-state index contributed by atoms with van der Waals surface area (Å²) < 4.78 is 18.9. The Morgan fingerprint density at radius 2 is 2.10 bits per heavy atom. The fourth-order valence-corrected chi connectivity index (χ4v) is 2.31. The standard InChI is InChI=1S/C16H19FN2O/c1-4-19-16(13-7-8-18-10-15(13)20-3)14-9-12(17)6-5-11(14)2/h5-10,16,19H,4H2,1-3H3. The van der Waals surface area contributed by atoms with E-state index in [0.29, 0.717) is 5.75 Å². The molecule has 106 valence electrons. The van der Waals surface area contributed by atoms with Crippen LogP contribution >= 0.6 is 0 Å². The van der Waals surface area contributed by atoms with Gasteiger partial charge in [-0.15, -0.1) is 0 Å². The number of methoxy groups -OCH3 is 1. The summed E-state index contributed by atoms with van der Waals surface area (Å²) in [6, 6.07) is 6.63. The van der Waals surface area contributed by atoms with Crippen molar-refractivity contribution >= 4 is 0 Å². The molecule has 1 aromatic heterocycles. The molecule has 1 heterocycles. The maximum Gasteiger partial charge on any atom is 0.142 e. The van der Waals surface area contributed by atoms with Gasteiger partial charge in [-0.1, -0.05) is 13.0 Å². The van der Waals surface area contributed by atoms with Gasteiger partial charge in [0.05, 0.1) is 19.3 Å². The van der Waals surface area contributed by atoms with Crippen LogP contribution in [0.5, 0.6) is 5.75 Å². The van der Waals surface area contributed by atoms with Gasteiger partial charge >= 0.3 is 0 Å². The van der Waals surface area contributed by atoms with Crippen molar-refractivity contribution in [2.24, 2.45) is 0 Å². The normalized spacial score (nSPS) is 12.2. The van der Waals surface area contributed by atoms with Crippen molar-refractivity contribution in [3.05, 3.63) is 59.2 Å². The Labute approximate surface area is 118 Å². The van der Waals surface area contributed by atoms with Gasteiger partial charge in [-0.05, 0) is 42.8 Å². The summed E-state index contributed by atoms with van der Waals surface area (Å²) in [6.45, 7) is 4.77. The monoisotopic (exact) mass is 274 g/mol. The fraction of sp³-hybridized carbons (Fsp3) is 0.312. The van der Waals surface area contributed by atoms with Crippen LogP contribution in [-0.4, -0.2) is 18.6 Å². The summed E-state index contributed by atoms with van der Waals surface area (Å²) in [4.78, 5) is 4.07. The molecule has 1 unspecified atom stereocenters. The number of nitrogens with one attached hydrogen (secondary N) is 1. The van der Waals surface area contributed by atoms with Gasteiger partial charge in [0.15, 0.2) is 0 Å². The highest BCUT2D eigenvalue weighted by Gasteiger charge is 2.19.